The molecule has 6 rings (SSSR count). The van der Waals surface area contributed by atoms with Gasteiger partial charge in [-0.05, 0) is 77.2 Å². The van der Waals surface area contributed by atoms with Crippen LogP contribution >= 0.6 is 11.3 Å². The van der Waals surface area contributed by atoms with Crippen molar-refractivity contribution < 1.29 is 50.2 Å². The van der Waals surface area contributed by atoms with Crippen LogP contribution in [0.15, 0.2) is 42.1 Å². The number of pyridine rings is 1. The third kappa shape index (κ3) is 8.67. The topological polar surface area (TPSA) is 186 Å². The first-order chi connectivity index (χ1) is 26.1. The summed E-state index contributed by atoms with van der Waals surface area (Å²) in [5, 5.41) is 7.71. The number of halogens is 3. The van der Waals surface area contributed by atoms with Gasteiger partial charge in [0.15, 0.2) is 0 Å². The number of fused-ring (bicyclic) bond motifs is 2. The van der Waals surface area contributed by atoms with Gasteiger partial charge in [-0.25, -0.2) is 23.2 Å². The van der Waals surface area contributed by atoms with Gasteiger partial charge < -0.3 is 25.0 Å². The summed E-state index contributed by atoms with van der Waals surface area (Å²) in [5.74, 6) is -3.44. The molecule has 56 heavy (non-hydrogen) atoms. The quantitative estimate of drug-likeness (QED) is 0.310. The lowest BCUT2D eigenvalue weighted by Crippen LogP contribution is -2.59. The first-order valence-electron chi connectivity index (χ1n) is 18.6. The van der Waals surface area contributed by atoms with Crippen LogP contribution in [-0.4, -0.2) is 93.9 Å². The lowest BCUT2D eigenvalue weighted by molar-refractivity contribution is -0.244. The van der Waals surface area contributed by atoms with Crippen molar-refractivity contribution >= 4 is 45.2 Å². The zero-order valence-corrected chi connectivity index (χ0v) is 33.4. The van der Waals surface area contributed by atoms with Gasteiger partial charge in [-0.1, -0.05) is 26.0 Å². The fourth-order valence-corrected chi connectivity index (χ4v) is 9.10. The normalized spacial score (nSPS) is 29.5. The third-order valence-electron chi connectivity index (χ3n) is 11.3. The van der Waals surface area contributed by atoms with Crippen LogP contribution in [0.4, 0.5) is 18.0 Å². The maximum atomic E-state index is 14.6. The molecule has 4 aliphatic rings. The molecule has 4 amide bonds. The highest BCUT2D eigenvalue weighted by Crippen LogP contribution is 2.47. The Morgan fingerprint density at radius 3 is 2.46 bits per heavy atom. The Bertz CT molecular complexity index is 1960. The van der Waals surface area contributed by atoms with Crippen molar-refractivity contribution in [2.75, 3.05) is 6.54 Å². The van der Waals surface area contributed by atoms with E-state index >= 15 is 0 Å². The van der Waals surface area contributed by atoms with Crippen molar-refractivity contribution in [2.45, 2.75) is 120 Å². The van der Waals surface area contributed by atoms with Gasteiger partial charge in [-0.15, -0.1) is 11.3 Å². The molecule has 4 heterocycles. The Kier molecular flexibility index (Phi) is 11.3. The standard InChI is InChI=1S/C37H47F3N6O8S2/c1-21-8-6-7-9-24-18-36(24,32(49)45-56(51,52)35(5)12-13-35)44-29(47)26-17-25(53-27-11-10-23(19-42-27)30-41-14-15-55-30)20-46(26)31(48)28(22(2)16-21)43-33(50)54-34(3,4)37(38,39)40/h7,9-11,14-15,19,21-22,24-26,28H,6,8,12-13,16-18,20H2,1-5H3,(H,43,50)(H,44,47)(H,45,49). The Morgan fingerprint density at radius 1 is 1.11 bits per heavy atom. The minimum absolute atomic E-state index is 0.0279. The summed E-state index contributed by atoms with van der Waals surface area (Å²) in [5.41, 5.74) is -3.76. The summed E-state index contributed by atoms with van der Waals surface area (Å²) in [6, 6.07) is 0.650. The van der Waals surface area contributed by atoms with Gasteiger partial charge >= 0.3 is 12.3 Å². The first-order valence-corrected chi connectivity index (χ1v) is 21.0. The molecule has 306 valence electrons. The number of sulfonamides is 1. The molecule has 0 radical (unpaired) electrons. The van der Waals surface area contributed by atoms with E-state index in [-0.39, 0.29) is 31.2 Å². The third-order valence-corrected chi connectivity index (χ3v) is 14.2. The number of hydrogen-bond donors (Lipinski definition) is 3. The highest BCUT2D eigenvalue weighted by atomic mass is 32.2. The molecule has 0 aromatic carbocycles. The first kappa shape index (κ1) is 41.4. The van der Waals surface area contributed by atoms with Crippen molar-refractivity contribution in [2.24, 2.45) is 17.8 Å². The van der Waals surface area contributed by atoms with Crippen molar-refractivity contribution in [1.29, 1.82) is 0 Å². The van der Waals surface area contributed by atoms with Crippen LogP contribution in [0.25, 0.3) is 10.6 Å². The van der Waals surface area contributed by atoms with Crippen molar-refractivity contribution in [3.05, 3.63) is 42.1 Å². The largest absolute Gasteiger partial charge is 0.472 e. The number of nitrogens with one attached hydrogen (secondary N) is 3. The number of carbonyl (C=O) groups excluding carboxylic acids is 4. The molecule has 2 aliphatic heterocycles. The summed E-state index contributed by atoms with van der Waals surface area (Å²) in [6.45, 7) is 6.36. The number of rotatable bonds is 8. The van der Waals surface area contributed by atoms with E-state index < -0.39 is 85.9 Å². The number of carbonyl (C=O) groups is 4. The van der Waals surface area contributed by atoms with Gasteiger partial charge in [0.2, 0.25) is 33.3 Å². The van der Waals surface area contributed by atoms with Crippen molar-refractivity contribution in [3.63, 3.8) is 0 Å². The highest BCUT2D eigenvalue weighted by molar-refractivity contribution is 7.91. The zero-order chi connectivity index (χ0) is 40.8. The minimum atomic E-state index is -4.91. The zero-order valence-electron chi connectivity index (χ0n) is 31.7. The van der Waals surface area contributed by atoms with Crippen LogP contribution in [0.2, 0.25) is 0 Å². The number of alkyl halides is 3. The van der Waals surface area contributed by atoms with Gasteiger partial charge in [0.1, 0.15) is 28.7 Å². The number of ether oxygens (including phenoxy) is 2. The van der Waals surface area contributed by atoms with Crippen LogP contribution in [-0.2, 0) is 29.1 Å². The second-order valence-corrected chi connectivity index (χ2v) is 19.3. The number of aromatic nitrogens is 2. The van der Waals surface area contributed by atoms with E-state index in [2.05, 4.69) is 25.3 Å². The number of nitrogens with zero attached hydrogens (tertiary/aromatic N) is 3. The molecular formula is C37H47F3N6O8S2. The van der Waals surface area contributed by atoms with Gasteiger partial charge in [-0.3, -0.25) is 19.1 Å². The lowest BCUT2D eigenvalue weighted by atomic mass is 9.88. The number of amides is 4. The molecule has 14 nitrogen and oxygen atoms in total. The van der Waals surface area contributed by atoms with E-state index in [1.54, 1.807) is 37.5 Å². The molecule has 7 unspecified atom stereocenters. The number of alkyl carbamates (subject to hydrolysis) is 1. The van der Waals surface area contributed by atoms with Gasteiger partial charge in [0.25, 0.3) is 5.91 Å². The van der Waals surface area contributed by atoms with E-state index in [9.17, 15) is 40.8 Å². The highest BCUT2D eigenvalue weighted by Gasteiger charge is 2.63. The monoisotopic (exact) mass is 824 g/mol. The van der Waals surface area contributed by atoms with E-state index in [1.165, 1.54) is 23.2 Å². The van der Waals surface area contributed by atoms with Crippen LogP contribution in [0.5, 0.6) is 5.88 Å². The van der Waals surface area contributed by atoms with E-state index in [0.29, 0.717) is 46.0 Å². The Hall–Kier alpha value is -4.26. The molecule has 0 bridgehead atoms. The van der Waals surface area contributed by atoms with Gasteiger partial charge in [0, 0.05) is 41.7 Å². The van der Waals surface area contributed by atoms with Crippen molar-refractivity contribution in [1.82, 2.24) is 30.2 Å². The number of allylic oxidation sites excluding steroid dienone is 1. The molecule has 2 saturated carbocycles. The van der Waals surface area contributed by atoms with E-state index in [4.69, 9.17) is 9.47 Å². The van der Waals surface area contributed by atoms with Crippen LogP contribution in [0.1, 0.15) is 79.6 Å². The molecule has 7 atom stereocenters. The Morgan fingerprint density at radius 2 is 1.84 bits per heavy atom. The summed E-state index contributed by atoms with van der Waals surface area (Å²) < 4.78 is 79.3. The average Bonchev–Trinajstić information content (AvgIpc) is 3.86. The second kappa shape index (κ2) is 15.2. The molecule has 0 spiro atoms. The maximum absolute atomic E-state index is 14.6. The molecule has 2 aromatic rings. The van der Waals surface area contributed by atoms with E-state index in [0.717, 1.165) is 10.6 Å². The van der Waals surface area contributed by atoms with Gasteiger partial charge in [-0.2, -0.15) is 13.2 Å². The number of thiazole rings is 1. The lowest BCUT2D eigenvalue weighted by Gasteiger charge is -2.34. The molecular weight excluding hydrogens is 778 g/mol. The predicted molar refractivity (Wildman–Crippen MR) is 198 cm³/mol. The molecule has 2 aliphatic carbocycles. The minimum Gasteiger partial charge on any atom is -0.472 e. The molecule has 19 heteroatoms. The molecule has 3 N–H and O–H groups in total. The fourth-order valence-electron chi connectivity index (χ4n) is 7.16. The van der Waals surface area contributed by atoms with Crippen LogP contribution < -0.4 is 20.1 Å². The second-order valence-electron chi connectivity index (χ2n) is 16.2. The van der Waals surface area contributed by atoms with Gasteiger partial charge in [0.05, 0.1) is 11.3 Å². The number of hydrogen-bond acceptors (Lipinski definition) is 11. The summed E-state index contributed by atoms with van der Waals surface area (Å²) in [4.78, 5) is 65.7. The van der Waals surface area contributed by atoms with Crippen LogP contribution in [0, 0.1) is 17.8 Å². The Labute approximate surface area is 327 Å². The smallest absolute Gasteiger partial charge is 0.427 e. The molecule has 1 saturated heterocycles. The predicted octanol–water partition coefficient (Wildman–Crippen LogP) is 4.87. The van der Waals surface area contributed by atoms with Crippen LogP contribution in [0.3, 0.4) is 0 Å². The molecule has 2 aromatic heterocycles. The average molecular weight is 825 g/mol. The van der Waals surface area contributed by atoms with E-state index in [1.807, 2.05) is 18.4 Å². The molecule has 3 fully saturated rings. The maximum Gasteiger partial charge on any atom is 0.427 e. The summed E-state index contributed by atoms with van der Waals surface area (Å²) >= 11 is 1.42. The Balaban J connectivity index is 1.31. The fraction of sp³-hybridized carbons (Fsp3) is 0.622. The summed E-state index contributed by atoms with van der Waals surface area (Å²) in [7, 11) is -4.06. The van der Waals surface area contributed by atoms with Crippen molar-refractivity contribution in [3.8, 4) is 16.5 Å². The summed E-state index contributed by atoms with van der Waals surface area (Å²) in [6.07, 6.45) is 2.00. The SMILES string of the molecule is CC1CCC=CC2CC2(C(=O)NS(=O)(=O)C2(C)CC2)NC(=O)C2CC(Oc3ccc(-c4nccs4)cn3)CN2C(=O)C(NC(=O)OC(C)(C)C(F)(F)F)C(C)C1.